The van der Waals surface area contributed by atoms with Crippen molar-refractivity contribution in [3.05, 3.63) is 0 Å². The van der Waals surface area contributed by atoms with Gasteiger partial charge in [0.15, 0.2) is 0 Å². The molecule has 0 aromatic rings. The van der Waals surface area contributed by atoms with E-state index in [1.807, 2.05) is 7.05 Å². The van der Waals surface area contributed by atoms with Gasteiger partial charge >= 0.3 is 0 Å². The first-order valence-corrected chi connectivity index (χ1v) is 8.14. The quantitative estimate of drug-likeness (QED) is 0.666. The molecule has 114 valence electrons. The predicted octanol–water partition coefficient (Wildman–Crippen LogP) is 2.78. The number of nitrogens with zero attached hydrogens (tertiary/aromatic N) is 1. The fourth-order valence-electron chi connectivity index (χ4n) is 3.47. The van der Waals surface area contributed by atoms with Crippen molar-refractivity contribution < 1.29 is 5.11 Å². The summed E-state index contributed by atoms with van der Waals surface area (Å²) < 4.78 is 0. The van der Waals surface area contributed by atoms with Gasteiger partial charge in [-0.3, -0.25) is 4.90 Å². The summed E-state index contributed by atoms with van der Waals surface area (Å²) in [5.41, 5.74) is -0.0409. The highest BCUT2D eigenvalue weighted by Crippen LogP contribution is 2.31. The molecule has 3 nitrogen and oxygen atoms in total. The zero-order valence-electron chi connectivity index (χ0n) is 13.4. The number of hydrogen-bond acceptors (Lipinski definition) is 3. The van der Waals surface area contributed by atoms with E-state index in [1.165, 1.54) is 38.6 Å². The van der Waals surface area contributed by atoms with E-state index in [2.05, 4.69) is 31.0 Å². The lowest BCUT2D eigenvalue weighted by Gasteiger charge is -2.45. The van der Waals surface area contributed by atoms with Gasteiger partial charge in [0.1, 0.15) is 0 Å². The van der Waals surface area contributed by atoms with Crippen molar-refractivity contribution in [2.75, 3.05) is 20.2 Å². The van der Waals surface area contributed by atoms with E-state index in [0.717, 1.165) is 12.8 Å². The molecule has 0 saturated heterocycles. The Kier molecular flexibility index (Phi) is 7.33. The Morgan fingerprint density at radius 2 is 2.11 bits per heavy atom. The first-order valence-electron chi connectivity index (χ1n) is 8.14. The maximum atomic E-state index is 9.71. The Bertz CT molecular complexity index is 239. The smallest absolute Gasteiger partial charge is 0.0613 e. The van der Waals surface area contributed by atoms with Gasteiger partial charge in [-0.25, -0.2) is 0 Å². The number of likely N-dealkylation sites (N-methyl/N-ethyl adjacent to an activating group) is 1. The normalized spacial score (nSPS) is 28.3. The standard InChI is InChI=1S/C16H34N2O/c1-5-6-7-11-18(14(2)3)15-9-8-10-16(12-15,13-19)17-4/h14-15,17,19H,5-13H2,1-4H3. The molecule has 1 fully saturated rings. The molecule has 1 aliphatic rings. The van der Waals surface area contributed by atoms with Crippen LogP contribution in [-0.4, -0.2) is 47.8 Å². The minimum absolute atomic E-state index is 0.0409. The summed E-state index contributed by atoms with van der Waals surface area (Å²) in [5.74, 6) is 0. The molecule has 3 heteroatoms. The number of rotatable bonds is 8. The van der Waals surface area contributed by atoms with Crippen molar-refractivity contribution in [1.82, 2.24) is 10.2 Å². The lowest BCUT2D eigenvalue weighted by Crippen LogP contribution is -2.55. The molecule has 0 heterocycles. The van der Waals surface area contributed by atoms with Crippen molar-refractivity contribution in [2.24, 2.45) is 0 Å². The van der Waals surface area contributed by atoms with Gasteiger partial charge < -0.3 is 10.4 Å². The van der Waals surface area contributed by atoms with Crippen molar-refractivity contribution in [2.45, 2.75) is 83.3 Å². The van der Waals surface area contributed by atoms with Crippen LogP contribution < -0.4 is 5.32 Å². The first kappa shape index (κ1) is 16.9. The second-order valence-electron chi connectivity index (χ2n) is 6.48. The third kappa shape index (κ3) is 4.73. The Morgan fingerprint density at radius 1 is 1.37 bits per heavy atom. The number of unbranched alkanes of at least 4 members (excludes halogenated alkanes) is 2. The van der Waals surface area contributed by atoms with Gasteiger partial charge in [-0.2, -0.15) is 0 Å². The van der Waals surface area contributed by atoms with Gasteiger partial charge in [-0.1, -0.05) is 19.8 Å². The first-order chi connectivity index (χ1) is 9.08. The van der Waals surface area contributed by atoms with Crippen LogP contribution in [0, 0.1) is 0 Å². The Balaban J connectivity index is 2.62. The van der Waals surface area contributed by atoms with Gasteiger partial charge in [0, 0.05) is 17.6 Å². The molecule has 0 bridgehead atoms. The van der Waals surface area contributed by atoms with Crippen LogP contribution >= 0.6 is 0 Å². The zero-order valence-corrected chi connectivity index (χ0v) is 13.4. The highest BCUT2D eigenvalue weighted by molar-refractivity contribution is 4.96. The molecule has 0 radical (unpaired) electrons. The number of hydrogen-bond donors (Lipinski definition) is 2. The van der Waals surface area contributed by atoms with E-state index in [9.17, 15) is 5.11 Å². The topological polar surface area (TPSA) is 35.5 Å². The van der Waals surface area contributed by atoms with Crippen LogP contribution in [0.5, 0.6) is 0 Å². The van der Waals surface area contributed by atoms with Crippen molar-refractivity contribution >= 4 is 0 Å². The summed E-state index contributed by atoms with van der Waals surface area (Å²) in [6.07, 6.45) is 8.62. The highest BCUT2D eigenvalue weighted by atomic mass is 16.3. The van der Waals surface area contributed by atoms with Gasteiger partial charge in [-0.05, 0) is 59.5 Å². The average Bonchev–Trinajstić information content (AvgIpc) is 2.43. The van der Waals surface area contributed by atoms with E-state index < -0.39 is 0 Å². The van der Waals surface area contributed by atoms with Crippen LogP contribution in [0.2, 0.25) is 0 Å². The Morgan fingerprint density at radius 3 is 2.63 bits per heavy atom. The van der Waals surface area contributed by atoms with Crippen molar-refractivity contribution in [3.63, 3.8) is 0 Å². The zero-order chi connectivity index (χ0) is 14.3. The molecule has 2 N–H and O–H groups in total. The molecule has 2 unspecified atom stereocenters. The third-order valence-corrected chi connectivity index (χ3v) is 4.80. The lowest BCUT2D eigenvalue weighted by molar-refractivity contribution is 0.0480. The van der Waals surface area contributed by atoms with Gasteiger partial charge in [0.2, 0.25) is 0 Å². The molecular weight excluding hydrogens is 236 g/mol. The second kappa shape index (κ2) is 8.23. The summed E-state index contributed by atoms with van der Waals surface area (Å²) in [6.45, 7) is 8.35. The summed E-state index contributed by atoms with van der Waals surface area (Å²) in [4.78, 5) is 2.66. The lowest BCUT2D eigenvalue weighted by atomic mass is 9.78. The molecule has 19 heavy (non-hydrogen) atoms. The number of aliphatic hydroxyl groups excluding tert-OH is 1. The summed E-state index contributed by atoms with van der Waals surface area (Å²) in [7, 11) is 2.00. The summed E-state index contributed by atoms with van der Waals surface area (Å²) in [5, 5.41) is 13.1. The van der Waals surface area contributed by atoms with Crippen LogP contribution in [0.25, 0.3) is 0 Å². The van der Waals surface area contributed by atoms with E-state index >= 15 is 0 Å². The summed E-state index contributed by atoms with van der Waals surface area (Å²) in [6, 6.07) is 1.23. The largest absolute Gasteiger partial charge is 0.394 e. The fourth-order valence-corrected chi connectivity index (χ4v) is 3.47. The van der Waals surface area contributed by atoms with E-state index in [4.69, 9.17) is 0 Å². The van der Waals surface area contributed by atoms with Gasteiger partial charge in [0.05, 0.1) is 6.61 Å². The van der Waals surface area contributed by atoms with E-state index in [0.29, 0.717) is 12.1 Å². The predicted molar refractivity (Wildman–Crippen MR) is 82.5 cm³/mol. The number of aliphatic hydroxyl groups is 1. The Hall–Kier alpha value is -0.120. The number of nitrogens with one attached hydrogen (secondary N) is 1. The third-order valence-electron chi connectivity index (χ3n) is 4.80. The molecule has 2 atom stereocenters. The average molecular weight is 270 g/mol. The van der Waals surface area contributed by atoms with Crippen LogP contribution in [0.3, 0.4) is 0 Å². The van der Waals surface area contributed by atoms with Crippen LogP contribution in [-0.2, 0) is 0 Å². The fraction of sp³-hybridized carbons (Fsp3) is 1.00. The second-order valence-corrected chi connectivity index (χ2v) is 6.48. The maximum absolute atomic E-state index is 9.71. The molecule has 0 aliphatic heterocycles. The Labute approximate surface area is 119 Å². The molecule has 1 aliphatic carbocycles. The van der Waals surface area contributed by atoms with E-state index in [-0.39, 0.29) is 12.1 Å². The molecule has 1 rings (SSSR count). The van der Waals surface area contributed by atoms with Crippen LogP contribution in [0.15, 0.2) is 0 Å². The molecule has 0 amide bonds. The highest BCUT2D eigenvalue weighted by Gasteiger charge is 2.37. The van der Waals surface area contributed by atoms with E-state index in [1.54, 1.807) is 0 Å². The minimum Gasteiger partial charge on any atom is -0.394 e. The van der Waals surface area contributed by atoms with Crippen LogP contribution in [0.1, 0.15) is 65.7 Å². The van der Waals surface area contributed by atoms with Gasteiger partial charge in [-0.15, -0.1) is 0 Å². The molecule has 0 aromatic heterocycles. The maximum Gasteiger partial charge on any atom is 0.0613 e. The molecular formula is C16H34N2O. The van der Waals surface area contributed by atoms with Crippen molar-refractivity contribution in [3.8, 4) is 0 Å². The SMILES string of the molecule is CCCCCN(C(C)C)C1CCCC(CO)(NC)C1. The molecule has 0 spiro atoms. The van der Waals surface area contributed by atoms with Crippen molar-refractivity contribution in [1.29, 1.82) is 0 Å². The van der Waals surface area contributed by atoms with Gasteiger partial charge in [0.25, 0.3) is 0 Å². The monoisotopic (exact) mass is 270 g/mol. The summed E-state index contributed by atoms with van der Waals surface area (Å²) >= 11 is 0. The molecule has 0 aromatic carbocycles. The molecule has 1 saturated carbocycles. The van der Waals surface area contributed by atoms with Crippen LogP contribution in [0.4, 0.5) is 0 Å². The minimum atomic E-state index is -0.0409.